The lowest BCUT2D eigenvalue weighted by Crippen LogP contribution is -2.12. The topological polar surface area (TPSA) is 4.93 Å². The lowest BCUT2D eigenvalue weighted by Gasteiger charge is -2.08. The number of alkyl halides is 3. The van der Waals surface area contributed by atoms with Crippen molar-refractivity contribution in [2.75, 3.05) is 0 Å². The lowest BCUT2D eigenvalue weighted by molar-refractivity contribution is -0.143. The van der Waals surface area contributed by atoms with E-state index in [-0.39, 0.29) is 0 Å². The van der Waals surface area contributed by atoms with E-state index in [1.807, 2.05) is 30.3 Å². The van der Waals surface area contributed by atoms with Crippen molar-refractivity contribution in [1.82, 2.24) is 4.57 Å². The second-order valence-electron chi connectivity index (χ2n) is 4.51. The molecule has 0 radical (unpaired) electrons. The third-order valence-electron chi connectivity index (χ3n) is 3.38. The monoisotopic (exact) mass is 251 g/mol. The molecule has 0 spiro atoms. The van der Waals surface area contributed by atoms with Gasteiger partial charge < -0.3 is 4.57 Å². The molecular formula is C14H12F3N. The Morgan fingerprint density at radius 1 is 1.06 bits per heavy atom. The molecule has 0 amide bonds. The van der Waals surface area contributed by atoms with E-state index < -0.39 is 11.9 Å². The van der Waals surface area contributed by atoms with Crippen LogP contribution in [0.2, 0.25) is 0 Å². The van der Waals surface area contributed by atoms with Gasteiger partial charge in [0.2, 0.25) is 0 Å². The van der Waals surface area contributed by atoms with Crippen LogP contribution in [0.15, 0.2) is 36.4 Å². The number of rotatable bonds is 1. The van der Waals surface area contributed by atoms with E-state index in [4.69, 9.17) is 0 Å². The Morgan fingerprint density at radius 3 is 2.44 bits per heavy atom. The predicted octanol–water partition coefficient (Wildman–Crippen LogP) is 4.12. The van der Waals surface area contributed by atoms with E-state index in [0.29, 0.717) is 6.54 Å². The first-order chi connectivity index (χ1) is 8.57. The van der Waals surface area contributed by atoms with Crippen LogP contribution in [-0.2, 0) is 19.1 Å². The number of fused-ring (bicyclic) bond motifs is 1. The van der Waals surface area contributed by atoms with Crippen LogP contribution in [0, 0.1) is 0 Å². The summed E-state index contributed by atoms with van der Waals surface area (Å²) in [5, 5.41) is 0. The average Bonchev–Trinajstić information content (AvgIpc) is 2.89. The standard InChI is InChI=1S/C14H12F3N/c15-14(16,17)13-9-11(10-5-2-1-3-6-10)12-7-4-8-18(12)13/h1-3,5-6,9H,4,7-8H2. The molecule has 3 rings (SSSR count). The molecule has 1 aromatic carbocycles. The maximum absolute atomic E-state index is 13.0. The SMILES string of the molecule is FC(F)(F)c1cc(-c2ccccc2)c2n1CCC2. The van der Waals surface area contributed by atoms with E-state index in [9.17, 15) is 13.2 Å². The molecule has 2 aromatic rings. The van der Waals surface area contributed by atoms with Crippen molar-refractivity contribution in [2.24, 2.45) is 0 Å². The molecule has 0 saturated heterocycles. The quantitative estimate of drug-likeness (QED) is 0.718. The van der Waals surface area contributed by atoms with Crippen LogP contribution in [0.5, 0.6) is 0 Å². The van der Waals surface area contributed by atoms with Crippen molar-refractivity contribution in [2.45, 2.75) is 25.6 Å². The second-order valence-corrected chi connectivity index (χ2v) is 4.51. The summed E-state index contributed by atoms with van der Waals surface area (Å²) >= 11 is 0. The Morgan fingerprint density at radius 2 is 1.78 bits per heavy atom. The minimum Gasteiger partial charge on any atom is -0.340 e. The first kappa shape index (κ1) is 11.4. The highest BCUT2D eigenvalue weighted by atomic mass is 19.4. The van der Waals surface area contributed by atoms with E-state index in [2.05, 4.69) is 0 Å². The van der Waals surface area contributed by atoms with Crippen molar-refractivity contribution >= 4 is 0 Å². The zero-order valence-corrected chi connectivity index (χ0v) is 9.67. The Labute approximate surface area is 103 Å². The molecule has 0 atom stereocenters. The first-order valence-corrected chi connectivity index (χ1v) is 5.92. The summed E-state index contributed by atoms with van der Waals surface area (Å²) in [7, 11) is 0. The van der Waals surface area contributed by atoms with Crippen LogP contribution in [0.3, 0.4) is 0 Å². The van der Waals surface area contributed by atoms with E-state index in [0.717, 1.165) is 29.7 Å². The molecule has 2 heterocycles. The number of nitrogens with zero attached hydrogens (tertiary/aromatic N) is 1. The van der Waals surface area contributed by atoms with Gasteiger partial charge in [0, 0.05) is 17.8 Å². The predicted molar refractivity (Wildman–Crippen MR) is 63.2 cm³/mol. The molecule has 1 aromatic heterocycles. The summed E-state index contributed by atoms with van der Waals surface area (Å²) in [6, 6.07) is 10.6. The summed E-state index contributed by atoms with van der Waals surface area (Å²) in [5.74, 6) is 0. The molecule has 1 aliphatic heterocycles. The van der Waals surface area contributed by atoms with Crippen LogP contribution in [0.4, 0.5) is 13.2 Å². The fraction of sp³-hybridized carbons (Fsp3) is 0.286. The van der Waals surface area contributed by atoms with Gasteiger partial charge >= 0.3 is 6.18 Å². The van der Waals surface area contributed by atoms with Crippen molar-refractivity contribution in [3.8, 4) is 11.1 Å². The summed E-state index contributed by atoms with van der Waals surface area (Å²) in [6.07, 6.45) is -2.76. The summed E-state index contributed by atoms with van der Waals surface area (Å²) in [6.45, 7) is 0.469. The van der Waals surface area contributed by atoms with Gasteiger partial charge in [0.1, 0.15) is 5.69 Å². The van der Waals surface area contributed by atoms with Crippen molar-refractivity contribution in [3.05, 3.63) is 47.8 Å². The van der Waals surface area contributed by atoms with Gasteiger partial charge in [-0.05, 0) is 24.5 Å². The molecule has 0 saturated carbocycles. The van der Waals surface area contributed by atoms with Gasteiger partial charge in [0.05, 0.1) is 0 Å². The third kappa shape index (κ3) is 1.72. The Balaban J connectivity index is 2.18. The fourth-order valence-corrected chi connectivity index (χ4v) is 2.62. The minimum absolute atomic E-state index is 0.469. The van der Waals surface area contributed by atoms with Crippen molar-refractivity contribution < 1.29 is 13.2 Å². The van der Waals surface area contributed by atoms with Crippen LogP contribution in [0.1, 0.15) is 17.8 Å². The highest BCUT2D eigenvalue weighted by Crippen LogP contribution is 2.39. The molecule has 18 heavy (non-hydrogen) atoms. The van der Waals surface area contributed by atoms with Gasteiger partial charge in [-0.2, -0.15) is 13.2 Å². The molecular weight excluding hydrogens is 239 g/mol. The van der Waals surface area contributed by atoms with E-state index >= 15 is 0 Å². The number of hydrogen-bond acceptors (Lipinski definition) is 0. The molecule has 0 unspecified atom stereocenters. The molecule has 0 N–H and O–H groups in total. The zero-order valence-electron chi connectivity index (χ0n) is 9.67. The molecule has 0 bridgehead atoms. The van der Waals surface area contributed by atoms with Gasteiger partial charge in [-0.15, -0.1) is 0 Å². The Hall–Kier alpha value is -1.71. The van der Waals surface area contributed by atoms with Crippen molar-refractivity contribution in [3.63, 3.8) is 0 Å². The summed E-state index contributed by atoms with van der Waals surface area (Å²) in [5.41, 5.74) is 1.88. The van der Waals surface area contributed by atoms with Crippen LogP contribution < -0.4 is 0 Å². The first-order valence-electron chi connectivity index (χ1n) is 5.92. The van der Waals surface area contributed by atoms with Gasteiger partial charge in [0.15, 0.2) is 0 Å². The van der Waals surface area contributed by atoms with E-state index in [1.54, 1.807) is 0 Å². The second kappa shape index (κ2) is 3.90. The van der Waals surface area contributed by atoms with Gasteiger partial charge in [-0.25, -0.2) is 0 Å². The lowest BCUT2D eigenvalue weighted by atomic mass is 10.0. The molecule has 0 aliphatic carbocycles. The van der Waals surface area contributed by atoms with Gasteiger partial charge in [-0.1, -0.05) is 30.3 Å². The molecule has 0 fully saturated rings. The number of aromatic nitrogens is 1. The fourth-order valence-electron chi connectivity index (χ4n) is 2.62. The Bertz CT molecular complexity index is 567. The molecule has 4 heteroatoms. The highest BCUT2D eigenvalue weighted by molar-refractivity contribution is 5.68. The summed E-state index contributed by atoms with van der Waals surface area (Å²) in [4.78, 5) is 0. The molecule has 1 aliphatic rings. The number of halogens is 3. The van der Waals surface area contributed by atoms with Crippen molar-refractivity contribution in [1.29, 1.82) is 0 Å². The minimum atomic E-state index is -4.27. The third-order valence-corrected chi connectivity index (χ3v) is 3.38. The number of benzene rings is 1. The molecule has 1 nitrogen and oxygen atoms in total. The average molecular weight is 251 g/mol. The maximum Gasteiger partial charge on any atom is 0.431 e. The largest absolute Gasteiger partial charge is 0.431 e. The molecule has 94 valence electrons. The van der Waals surface area contributed by atoms with Gasteiger partial charge in [0.25, 0.3) is 0 Å². The Kier molecular flexibility index (Phi) is 2.47. The number of hydrogen-bond donors (Lipinski definition) is 0. The van der Waals surface area contributed by atoms with E-state index in [1.165, 1.54) is 10.6 Å². The summed E-state index contributed by atoms with van der Waals surface area (Å²) < 4.78 is 40.3. The van der Waals surface area contributed by atoms with Crippen LogP contribution in [-0.4, -0.2) is 4.57 Å². The van der Waals surface area contributed by atoms with Crippen LogP contribution in [0.25, 0.3) is 11.1 Å². The van der Waals surface area contributed by atoms with Crippen LogP contribution >= 0.6 is 0 Å². The zero-order chi connectivity index (χ0) is 12.8. The highest BCUT2D eigenvalue weighted by Gasteiger charge is 2.37. The smallest absolute Gasteiger partial charge is 0.340 e. The maximum atomic E-state index is 13.0. The van der Waals surface area contributed by atoms with Gasteiger partial charge in [-0.3, -0.25) is 0 Å². The normalized spacial score (nSPS) is 14.8.